The molecule has 1 aliphatic heterocycles. The molecule has 1 unspecified atom stereocenters. The number of carbonyl (C=O) groups excluding carboxylic acids is 1. The van der Waals surface area contributed by atoms with Gasteiger partial charge in [0.15, 0.2) is 0 Å². The molecule has 21 heavy (non-hydrogen) atoms. The summed E-state index contributed by atoms with van der Waals surface area (Å²) in [7, 11) is 2.15. The van der Waals surface area contributed by atoms with Gasteiger partial charge in [-0.2, -0.15) is 0 Å². The van der Waals surface area contributed by atoms with Gasteiger partial charge in [0.2, 0.25) is 5.91 Å². The molecule has 0 aliphatic carbocycles. The highest BCUT2D eigenvalue weighted by Gasteiger charge is 2.15. The standard InChI is InChI=1S/C16H26N4O/c1-4-13(2)16(21)18-12-14-5-6-15(17-11-14)20-9-7-19(3)8-10-20/h5-6,11,13H,4,7-10,12H2,1-3H3,(H,18,21). The Hall–Kier alpha value is -1.62. The minimum absolute atomic E-state index is 0.0718. The highest BCUT2D eigenvalue weighted by molar-refractivity contribution is 5.78. The molecule has 5 nitrogen and oxygen atoms in total. The molecular formula is C16H26N4O. The Labute approximate surface area is 127 Å². The van der Waals surface area contributed by atoms with E-state index >= 15 is 0 Å². The van der Waals surface area contributed by atoms with E-state index in [0.29, 0.717) is 6.54 Å². The molecule has 2 heterocycles. The Kier molecular flexibility index (Phi) is 5.56. The second-order valence-electron chi connectivity index (χ2n) is 5.84. The first-order valence-electron chi connectivity index (χ1n) is 7.76. The Bertz CT molecular complexity index is 452. The van der Waals surface area contributed by atoms with E-state index in [1.807, 2.05) is 20.0 Å². The van der Waals surface area contributed by atoms with Crippen LogP contribution in [-0.2, 0) is 11.3 Å². The number of piperazine rings is 1. The third-order valence-electron chi connectivity index (χ3n) is 4.16. The molecule has 0 saturated carbocycles. The normalized spacial score (nSPS) is 17.6. The van der Waals surface area contributed by atoms with Crippen molar-refractivity contribution in [3.05, 3.63) is 23.9 Å². The van der Waals surface area contributed by atoms with Gasteiger partial charge in [0.1, 0.15) is 5.82 Å². The van der Waals surface area contributed by atoms with Gasteiger partial charge in [-0.3, -0.25) is 4.79 Å². The minimum atomic E-state index is 0.0718. The summed E-state index contributed by atoms with van der Waals surface area (Å²) >= 11 is 0. The van der Waals surface area contributed by atoms with Crippen LogP contribution < -0.4 is 10.2 Å². The van der Waals surface area contributed by atoms with E-state index < -0.39 is 0 Å². The third kappa shape index (κ3) is 4.43. The molecule has 5 heteroatoms. The quantitative estimate of drug-likeness (QED) is 0.893. The molecular weight excluding hydrogens is 264 g/mol. The van der Waals surface area contributed by atoms with Crippen LogP contribution in [0.5, 0.6) is 0 Å². The molecule has 1 aromatic rings. The summed E-state index contributed by atoms with van der Waals surface area (Å²) in [5, 5.41) is 2.96. The van der Waals surface area contributed by atoms with Crippen molar-refractivity contribution in [1.82, 2.24) is 15.2 Å². The predicted octanol–water partition coefficient (Wildman–Crippen LogP) is 1.50. The fourth-order valence-corrected chi connectivity index (χ4v) is 2.29. The molecule has 0 aromatic carbocycles. The molecule has 0 radical (unpaired) electrons. The van der Waals surface area contributed by atoms with Crippen molar-refractivity contribution in [1.29, 1.82) is 0 Å². The number of hydrogen-bond acceptors (Lipinski definition) is 4. The number of aromatic nitrogens is 1. The van der Waals surface area contributed by atoms with Crippen molar-refractivity contribution >= 4 is 11.7 Å². The van der Waals surface area contributed by atoms with Crippen LogP contribution in [0.25, 0.3) is 0 Å². The summed E-state index contributed by atoms with van der Waals surface area (Å²) in [6, 6.07) is 4.10. The Balaban J connectivity index is 1.86. The van der Waals surface area contributed by atoms with E-state index in [0.717, 1.165) is 44.0 Å². The van der Waals surface area contributed by atoms with Crippen molar-refractivity contribution in [2.45, 2.75) is 26.8 Å². The Morgan fingerprint density at radius 1 is 1.33 bits per heavy atom. The van der Waals surface area contributed by atoms with E-state index in [1.165, 1.54) is 0 Å². The van der Waals surface area contributed by atoms with Gasteiger partial charge in [-0.25, -0.2) is 4.98 Å². The summed E-state index contributed by atoms with van der Waals surface area (Å²) in [5.74, 6) is 1.21. The van der Waals surface area contributed by atoms with Gasteiger partial charge in [0.25, 0.3) is 0 Å². The fourth-order valence-electron chi connectivity index (χ4n) is 2.29. The predicted molar refractivity (Wildman–Crippen MR) is 85.2 cm³/mol. The van der Waals surface area contributed by atoms with Crippen LogP contribution in [0.15, 0.2) is 18.3 Å². The van der Waals surface area contributed by atoms with Crippen molar-refractivity contribution in [2.24, 2.45) is 5.92 Å². The number of nitrogens with zero attached hydrogens (tertiary/aromatic N) is 3. The van der Waals surface area contributed by atoms with E-state index in [2.05, 4.69) is 39.3 Å². The summed E-state index contributed by atoms with van der Waals surface area (Å²) in [4.78, 5) is 20.9. The summed E-state index contributed by atoms with van der Waals surface area (Å²) < 4.78 is 0. The van der Waals surface area contributed by atoms with Gasteiger partial charge in [0.05, 0.1) is 0 Å². The number of carbonyl (C=O) groups is 1. The van der Waals surface area contributed by atoms with Crippen molar-refractivity contribution in [3.63, 3.8) is 0 Å². The summed E-state index contributed by atoms with van der Waals surface area (Å²) in [5.41, 5.74) is 1.05. The average Bonchev–Trinajstić information content (AvgIpc) is 2.53. The van der Waals surface area contributed by atoms with Gasteiger partial charge < -0.3 is 15.1 Å². The second kappa shape index (κ2) is 7.41. The van der Waals surface area contributed by atoms with E-state index in [-0.39, 0.29) is 11.8 Å². The number of rotatable bonds is 5. The van der Waals surface area contributed by atoms with Gasteiger partial charge in [0, 0.05) is 44.8 Å². The molecule has 116 valence electrons. The molecule has 0 spiro atoms. The maximum absolute atomic E-state index is 11.7. The van der Waals surface area contributed by atoms with Crippen LogP contribution in [0, 0.1) is 5.92 Å². The first-order valence-corrected chi connectivity index (χ1v) is 7.76. The van der Waals surface area contributed by atoms with Crippen molar-refractivity contribution < 1.29 is 4.79 Å². The second-order valence-corrected chi connectivity index (χ2v) is 5.84. The highest BCUT2D eigenvalue weighted by atomic mass is 16.1. The SMILES string of the molecule is CCC(C)C(=O)NCc1ccc(N2CCN(C)CC2)nc1. The largest absolute Gasteiger partial charge is 0.354 e. The number of amides is 1. The topological polar surface area (TPSA) is 48.5 Å². The highest BCUT2D eigenvalue weighted by Crippen LogP contribution is 2.13. The van der Waals surface area contributed by atoms with E-state index in [9.17, 15) is 4.79 Å². The van der Waals surface area contributed by atoms with Crippen molar-refractivity contribution in [2.75, 3.05) is 38.1 Å². The van der Waals surface area contributed by atoms with Gasteiger partial charge in [-0.15, -0.1) is 0 Å². The first kappa shape index (κ1) is 15.8. The lowest BCUT2D eigenvalue weighted by molar-refractivity contribution is -0.124. The molecule has 1 aromatic heterocycles. The molecule has 1 fully saturated rings. The minimum Gasteiger partial charge on any atom is -0.354 e. The molecule has 0 bridgehead atoms. The lowest BCUT2D eigenvalue weighted by Gasteiger charge is -2.33. The summed E-state index contributed by atoms with van der Waals surface area (Å²) in [6.45, 7) is 8.73. The maximum Gasteiger partial charge on any atom is 0.223 e. The van der Waals surface area contributed by atoms with Gasteiger partial charge in [-0.1, -0.05) is 19.9 Å². The van der Waals surface area contributed by atoms with E-state index in [1.54, 1.807) is 0 Å². The van der Waals surface area contributed by atoms with Crippen LogP contribution in [0.4, 0.5) is 5.82 Å². The Morgan fingerprint density at radius 2 is 2.05 bits per heavy atom. The summed E-state index contributed by atoms with van der Waals surface area (Å²) in [6.07, 6.45) is 2.73. The average molecular weight is 290 g/mol. The van der Waals surface area contributed by atoms with E-state index in [4.69, 9.17) is 0 Å². The lowest BCUT2D eigenvalue weighted by Crippen LogP contribution is -2.44. The molecule has 1 amide bonds. The molecule has 1 atom stereocenters. The number of nitrogens with one attached hydrogen (secondary N) is 1. The molecule has 1 N–H and O–H groups in total. The zero-order valence-corrected chi connectivity index (χ0v) is 13.3. The molecule has 1 aliphatic rings. The van der Waals surface area contributed by atoms with Crippen LogP contribution in [0.1, 0.15) is 25.8 Å². The molecule has 2 rings (SSSR count). The zero-order valence-electron chi connectivity index (χ0n) is 13.3. The van der Waals surface area contributed by atoms with Crippen LogP contribution >= 0.6 is 0 Å². The number of pyridine rings is 1. The van der Waals surface area contributed by atoms with Crippen LogP contribution in [0.3, 0.4) is 0 Å². The smallest absolute Gasteiger partial charge is 0.223 e. The number of likely N-dealkylation sites (N-methyl/N-ethyl adjacent to an activating group) is 1. The number of anilines is 1. The van der Waals surface area contributed by atoms with Crippen molar-refractivity contribution in [3.8, 4) is 0 Å². The lowest BCUT2D eigenvalue weighted by atomic mass is 10.1. The third-order valence-corrected chi connectivity index (χ3v) is 4.16. The van der Waals surface area contributed by atoms with Gasteiger partial charge >= 0.3 is 0 Å². The monoisotopic (exact) mass is 290 g/mol. The Morgan fingerprint density at radius 3 is 2.62 bits per heavy atom. The van der Waals surface area contributed by atoms with Crippen LogP contribution in [-0.4, -0.2) is 49.0 Å². The number of hydrogen-bond donors (Lipinski definition) is 1. The van der Waals surface area contributed by atoms with Crippen LogP contribution in [0.2, 0.25) is 0 Å². The zero-order chi connectivity index (χ0) is 15.2. The first-order chi connectivity index (χ1) is 10.1. The molecule has 1 saturated heterocycles. The van der Waals surface area contributed by atoms with Gasteiger partial charge in [-0.05, 0) is 25.1 Å². The maximum atomic E-state index is 11.7. The fraction of sp³-hybridized carbons (Fsp3) is 0.625.